The second-order valence-electron chi connectivity index (χ2n) is 6.02. The molecule has 0 bridgehead atoms. The van der Waals surface area contributed by atoms with Crippen LogP contribution in [-0.4, -0.2) is 20.6 Å². The fraction of sp³-hybridized carbons (Fsp3) is 0.250. The Bertz CT molecular complexity index is 933. The number of hydrogen-bond acceptors (Lipinski definition) is 3. The number of hydrogen-bond donors (Lipinski definition) is 1. The summed E-state index contributed by atoms with van der Waals surface area (Å²) >= 11 is 0. The molecule has 1 N–H and O–H groups in total. The Labute approximate surface area is 145 Å². The van der Waals surface area contributed by atoms with E-state index in [-0.39, 0.29) is 12.0 Å². The van der Waals surface area contributed by atoms with Crippen LogP contribution in [0.2, 0.25) is 0 Å². The minimum Gasteiger partial charge on any atom is -0.481 e. The summed E-state index contributed by atoms with van der Waals surface area (Å²) in [6.45, 7) is 0. The van der Waals surface area contributed by atoms with Crippen LogP contribution in [0, 0.1) is 0 Å². The van der Waals surface area contributed by atoms with Crippen LogP contribution < -0.4 is 5.56 Å². The molecule has 3 rings (SSSR count). The molecule has 0 unspecified atom stereocenters. The van der Waals surface area contributed by atoms with Gasteiger partial charge in [-0.05, 0) is 49.6 Å². The zero-order chi connectivity index (χ0) is 17.6. The van der Waals surface area contributed by atoms with Crippen molar-refractivity contribution in [2.45, 2.75) is 32.1 Å². The molecule has 0 atom stereocenters. The van der Waals surface area contributed by atoms with Crippen molar-refractivity contribution in [2.75, 3.05) is 0 Å². The fourth-order valence-corrected chi connectivity index (χ4v) is 2.96. The number of carboxylic acids is 1. The highest BCUT2D eigenvalue weighted by Gasteiger charge is 2.11. The van der Waals surface area contributed by atoms with Gasteiger partial charge in [0, 0.05) is 23.6 Å². The van der Waals surface area contributed by atoms with E-state index >= 15 is 0 Å². The van der Waals surface area contributed by atoms with Gasteiger partial charge < -0.3 is 5.11 Å². The summed E-state index contributed by atoms with van der Waals surface area (Å²) in [7, 11) is 0. The molecule has 0 saturated heterocycles. The lowest BCUT2D eigenvalue weighted by Gasteiger charge is -2.12. The molecule has 25 heavy (non-hydrogen) atoms. The fourth-order valence-electron chi connectivity index (χ4n) is 2.96. The first-order valence-electron chi connectivity index (χ1n) is 8.43. The summed E-state index contributed by atoms with van der Waals surface area (Å²) in [6, 6.07) is 15.2. The van der Waals surface area contributed by atoms with Crippen LogP contribution in [0.5, 0.6) is 0 Å². The van der Waals surface area contributed by atoms with Gasteiger partial charge in [-0.1, -0.05) is 24.6 Å². The Morgan fingerprint density at radius 2 is 1.84 bits per heavy atom. The lowest BCUT2D eigenvalue weighted by molar-refractivity contribution is -0.137. The van der Waals surface area contributed by atoms with Gasteiger partial charge in [-0.2, -0.15) is 0 Å². The summed E-state index contributed by atoms with van der Waals surface area (Å²) in [5.74, 6) is -0.775. The van der Waals surface area contributed by atoms with E-state index in [1.807, 2.05) is 48.5 Å². The molecule has 0 fully saturated rings. The molecule has 1 aromatic carbocycles. The predicted molar refractivity (Wildman–Crippen MR) is 97.1 cm³/mol. The van der Waals surface area contributed by atoms with Gasteiger partial charge in [0.05, 0.1) is 5.69 Å². The van der Waals surface area contributed by atoms with E-state index in [9.17, 15) is 9.59 Å². The lowest BCUT2D eigenvalue weighted by Crippen LogP contribution is -2.23. The molecule has 0 saturated carbocycles. The number of benzene rings is 1. The standard InChI is InChI=1S/C20H20N2O3/c23-18(24)12-6-1-3-8-16-14-15-9-7-13-21-19(15)22(20(16)25)17-10-4-2-5-11-17/h2,4-5,7,9-11,13-14H,1,3,6,8,12H2,(H,23,24). The third-order valence-electron chi connectivity index (χ3n) is 4.19. The minimum absolute atomic E-state index is 0.0596. The number of fused-ring (bicyclic) bond motifs is 1. The zero-order valence-corrected chi connectivity index (χ0v) is 13.9. The molecule has 2 aromatic heterocycles. The van der Waals surface area contributed by atoms with Crippen LogP contribution in [-0.2, 0) is 11.2 Å². The SMILES string of the molecule is O=C(O)CCCCCc1cc2cccnc2n(-c2ccccc2)c1=O. The van der Waals surface area contributed by atoms with Gasteiger partial charge in [0.1, 0.15) is 5.65 Å². The van der Waals surface area contributed by atoms with Crippen molar-refractivity contribution < 1.29 is 9.90 Å². The number of aryl methyl sites for hydroxylation is 1. The second kappa shape index (κ2) is 7.75. The Hall–Kier alpha value is -2.95. The van der Waals surface area contributed by atoms with Gasteiger partial charge in [-0.25, -0.2) is 4.98 Å². The number of para-hydroxylation sites is 1. The highest BCUT2D eigenvalue weighted by molar-refractivity contribution is 5.77. The topological polar surface area (TPSA) is 72.2 Å². The van der Waals surface area contributed by atoms with Crippen LogP contribution in [0.1, 0.15) is 31.2 Å². The van der Waals surface area contributed by atoms with Gasteiger partial charge in [0.25, 0.3) is 5.56 Å². The second-order valence-corrected chi connectivity index (χ2v) is 6.02. The zero-order valence-electron chi connectivity index (χ0n) is 13.9. The molecular weight excluding hydrogens is 316 g/mol. The number of aromatic nitrogens is 2. The van der Waals surface area contributed by atoms with Crippen molar-refractivity contribution in [1.29, 1.82) is 0 Å². The third kappa shape index (κ3) is 3.94. The summed E-state index contributed by atoms with van der Waals surface area (Å²) in [5, 5.41) is 9.62. The van der Waals surface area contributed by atoms with Crippen LogP contribution >= 0.6 is 0 Å². The van der Waals surface area contributed by atoms with E-state index < -0.39 is 5.97 Å². The number of unbranched alkanes of at least 4 members (excludes halogenated alkanes) is 2. The molecule has 3 aromatic rings. The van der Waals surface area contributed by atoms with Crippen molar-refractivity contribution in [3.63, 3.8) is 0 Å². The molecule has 5 heteroatoms. The Morgan fingerprint density at radius 3 is 2.60 bits per heavy atom. The molecule has 5 nitrogen and oxygen atoms in total. The largest absolute Gasteiger partial charge is 0.481 e. The monoisotopic (exact) mass is 336 g/mol. The molecule has 0 amide bonds. The Balaban J connectivity index is 1.93. The molecule has 2 heterocycles. The Morgan fingerprint density at radius 1 is 1.04 bits per heavy atom. The maximum absolute atomic E-state index is 13.0. The minimum atomic E-state index is -0.775. The number of aliphatic carboxylic acids is 1. The molecule has 0 aliphatic carbocycles. The highest BCUT2D eigenvalue weighted by atomic mass is 16.4. The van der Waals surface area contributed by atoms with Crippen molar-refractivity contribution in [3.05, 3.63) is 70.6 Å². The first kappa shape index (κ1) is 16.9. The van der Waals surface area contributed by atoms with E-state index in [1.54, 1.807) is 10.8 Å². The number of rotatable bonds is 7. The maximum Gasteiger partial charge on any atom is 0.303 e. The molecular formula is C20H20N2O3. The molecule has 128 valence electrons. The first-order valence-corrected chi connectivity index (χ1v) is 8.43. The first-order chi connectivity index (χ1) is 12.2. The average Bonchev–Trinajstić information content (AvgIpc) is 2.62. The van der Waals surface area contributed by atoms with Crippen molar-refractivity contribution in [1.82, 2.24) is 9.55 Å². The number of carboxylic acid groups (broad SMARTS) is 1. The quantitative estimate of drug-likeness (QED) is 0.670. The van der Waals surface area contributed by atoms with Crippen molar-refractivity contribution >= 4 is 17.0 Å². The highest BCUT2D eigenvalue weighted by Crippen LogP contribution is 2.17. The van der Waals surface area contributed by atoms with Crippen LogP contribution in [0.3, 0.4) is 0 Å². The molecule has 0 aliphatic heterocycles. The third-order valence-corrected chi connectivity index (χ3v) is 4.19. The van der Waals surface area contributed by atoms with Gasteiger partial charge in [0.15, 0.2) is 0 Å². The van der Waals surface area contributed by atoms with Crippen LogP contribution in [0.15, 0.2) is 59.5 Å². The number of carbonyl (C=O) groups is 1. The van der Waals surface area contributed by atoms with E-state index in [0.29, 0.717) is 18.5 Å². The summed E-state index contributed by atoms with van der Waals surface area (Å²) in [4.78, 5) is 27.9. The normalized spacial score (nSPS) is 10.9. The van der Waals surface area contributed by atoms with Gasteiger partial charge >= 0.3 is 5.97 Å². The smallest absolute Gasteiger partial charge is 0.303 e. The van der Waals surface area contributed by atoms with E-state index in [4.69, 9.17) is 5.11 Å². The Kier molecular flexibility index (Phi) is 5.23. The molecule has 0 aliphatic rings. The summed E-state index contributed by atoms with van der Waals surface area (Å²) in [6.07, 6.45) is 4.72. The van der Waals surface area contributed by atoms with E-state index in [2.05, 4.69) is 4.98 Å². The summed E-state index contributed by atoms with van der Waals surface area (Å²) in [5.41, 5.74) is 2.12. The summed E-state index contributed by atoms with van der Waals surface area (Å²) < 4.78 is 1.65. The van der Waals surface area contributed by atoms with E-state index in [0.717, 1.165) is 29.5 Å². The van der Waals surface area contributed by atoms with Crippen molar-refractivity contribution in [3.8, 4) is 5.69 Å². The molecule has 0 spiro atoms. The van der Waals surface area contributed by atoms with Gasteiger partial charge in [-0.15, -0.1) is 0 Å². The van der Waals surface area contributed by atoms with Crippen LogP contribution in [0.25, 0.3) is 16.7 Å². The van der Waals surface area contributed by atoms with Crippen molar-refractivity contribution in [2.24, 2.45) is 0 Å². The number of pyridine rings is 2. The van der Waals surface area contributed by atoms with Crippen LogP contribution in [0.4, 0.5) is 0 Å². The average molecular weight is 336 g/mol. The van der Waals surface area contributed by atoms with Gasteiger partial charge in [-0.3, -0.25) is 14.2 Å². The predicted octanol–water partition coefficient (Wildman–Crippen LogP) is 3.57. The maximum atomic E-state index is 13.0. The van der Waals surface area contributed by atoms with E-state index in [1.165, 1.54) is 0 Å². The molecule has 0 radical (unpaired) electrons. The number of nitrogens with zero attached hydrogens (tertiary/aromatic N) is 2. The van der Waals surface area contributed by atoms with Gasteiger partial charge in [0.2, 0.25) is 0 Å². The lowest BCUT2D eigenvalue weighted by atomic mass is 10.1.